The van der Waals surface area contributed by atoms with Crippen molar-refractivity contribution in [3.05, 3.63) is 0 Å². The highest BCUT2D eigenvalue weighted by Crippen LogP contribution is 2.28. The first-order valence-corrected chi connectivity index (χ1v) is 23.0. The third kappa shape index (κ3) is 17.9. The predicted molar refractivity (Wildman–Crippen MR) is 228 cm³/mol. The molecular formula is C40H73N8O6S2+. The zero-order valence-corrected chi connectivity index (χ0v) is 36.9. The number of hydrogen-bond donors (Lipinski definition) is 2. The van der Waals surface area contributed by atoms with Crippen molar-refractivity contribution in [2.24, 2.45) is 11.8 Å². The topological polar surface area (TPSA) is 146 Å². The molecule has 6 amide bonds. The third-order valence-electron chi connectivity index (χ3n) is 11.5. The first kappa shape index (κ1) is 47.8. The highest BCUT2D eigenvalue weighted by molar-refractivity contribution is 8.13. The Balaban J connectivity index is 0.000000387. The second kappa shape index (κ2) is 25.7. The zero-order valence-electron chi connectivity index (χ0n) is 36.2. The van der Waals surface area contributed by atoms with E-state index in [1.54, 1.807) is 37.5 Å². The average Bonchev–Trinajstić information content (AvgIpc) is 3.89. The summed E-state index contributed by atoms with van der Waals surface area (Å²) >= 11 is 2.49. The van der Waals surface area contributed by atoms with Gasteiger partial charge in [0, 0.05) is 104 Å². The molecule has 2 N–H and O–H groups in total. The van der Waals surface area contributed by atoms with E-state index in [1.807, 2.05) is 23.9 Å². The molecule has 0 bridgehead atoms. The number of carbonyl (C=O) groups excluding carboxylic acids is 6. The number of hydrogen-bond acceptors (Lipinski definition) is 10. The van der Waals surface area contributed by atoms with Gasteiger partial charge in [0.2, 0.25) is 11.8 Å². The molecule has 0 aromatic rings. The van der Waals surface area contributed by atoms with Crippen LogP contribution in [0, 0.1) is 11.8 Å². The van der Waals surface area contributed by atoms with E-state index in [9.17, 15) is 28.8 Å². The molecule has 0 aromatic heterocycles. The molecule has 2 heterocycles. The molecule has 2 saturated heterocycles. The van der Waals surface area contributed by atoms with Crippen LogP contribution in [-0.4, -0.2) is 180 Å². The summed E-state index contributed by atoms with van der Waals surface area (Å²) in [6, 6.07) is -1.47. The largest absolute Gasteiger partial charge is 1.00 e. The molecule has 4 aliphatic rings. The number of piperazine rings is 2. The summed E-state index contributed by atoms with van der Waals surface area (Å²) in [7, 11) is 4.10. The van der Waals surface area contributed by atoms with E-state index in [2.05, 4.69) is 20.4 Å². The van der Waals surface area contributed by atoms with Gasteiger partial charge in [-0.25, -0.2) is 9.59 Å². The molecule has 14 nitrogen and oxygen atoms in total. The van der Waals surface area contributed by atoms with E-state index < -0.39 is 12.1 Å². The van der Waals surface area contributed by atoms with Crippen LogP contribution < -0.4 is 10.6 Å². The number of urea groups is 2. The summed E-state index contributed by atoms with van der Waals surface area (Å²) in [5.41, 5.74) is 0. The number of amides is 6. The van der Waals surface area contributed by atoms with E-state index in [0.29, 0.717) is 75.7 Å². The minimum Gasteiger partial charge on any atom is -0.338 e. The van der Waals surface area contributed by atoms with Crippen LogP contribution >= 0.6 is 23.5 Å². The summed E-state index contributed by atoms with van der Waals surface area (Å²) in [4.78, 5) is 85.0. The van der Waals surface area contributed by atoms with E-state index in [1.165, 1.54) is 74.9 Å². The number of nitrogens with one attached hydrogen (secondary N) is 2. The summed E-state index contributed by atoms with van der Waals surface area (Å²) in [6.45, 7) is 15.3. The van der Waals surface area contributed by atoms with E-state index in [4.69, 9.17) is 0 Å². The second-order valence-electron chi connectivity index (χ2n) is 16.1. The Labute approximate surface area is 346 Å². The molecule has 2 aliphatic heterocycles. The standard InChI is InChI=1S/2C20H36N4O3S/c2*1-16(19(26)23-12-10-22(3)11-13-23)21-20(27)24(14-15-28-17(2)25)9-8-18-6-4-5-7-18/h2*16,18H,4-15H2,1-3H3,(H,21,27)/p+1/t2*16-/m00/s1. The van der Waals surface area contributed by atoms with E-state index in [0.717, 1.165) is 39.0 Å². The van der Waals surface area contributed by atoms with Crippen LogP contribution in [0.25, 0.3) is 0 Å². The SMILES string of the molecule is CC(=O)SCCN(CCC1CCCC1)C(=O)N[C@@H](C)C(=O)N1CCN(C)CC1.CC(=O)SCCN(CCC1CCCC1)C(=O)N[C@@H](C)C(=O)N1CCN(C)CC1.[H+]. The first-order chi connectivity index (χ1) is 26.7. The highest BCUT2D eigenvalue weighted by atomic mass is 32.2. The van der Waals surface area contributed by atoms with Gasteiger partial charge in [-0.2, -0.15) is 0 Å². The molecule has 2 aliphatic carbocycles. The van der Waals surface area contributed by atoms with Gasteiger partial charge in [0.25, 0.3) is 0 Å². The lowest BCUT2D eigenvalue weighted by molar-refractivity contribution is -0.135. The minimum absolute atomic E-state index is 0. The Bertz CT molecular complexity index is 1160. The molecule has 2 atom stereocenters. The molecule has 0 radical (unpaired) electrons. The Kier molecular flexibility index (Phi) is 22.0. The maximum Gasteiger partial charge on any atom is 1.00 e. The lowest BCUT2D eigenvalue weighted by atomic mass is 10.0. The van der Waals surface area contributed by atoms with Crippen LogP contribution in [0.1, 0.15) is 93.3 Å². The number of rotatable bonds is 16. The quantitative estimate of drug-likeness (QED) is 0.233. The molecule has 4 rings (SSSR count). The number of nitrogens with zero attached hydrogens (tertiary/aromatic N) is 6. The molecule has 16 heteroatoms. The molecule has 0 unspecified atom stereocenters. The lowest BCUT2D eigenvalue weighted by Gasteiger charge is -2.34. The van der Waals surface area contributed by atoms with Crippen LogP contribution in [0.4, 0.5) is 9.59 Å². The van der Waals surface area contributed by atoms with Gasteiger partial charge in [-0.1, -0.05) is 74.9 Å². The maximum atomic E-state index is 12.8. The van der Waals surface area contributed by atoms with Crippen molar-refractivity contribution in [3.8, 4) is 0 Å². The van der Waals surface area contributed by atoms with Crippen LogP contribution in [0.3, 0.4) is 0 Å². The minimum atomic E-state index is -0.537. The average molecular weight is 826 g/mol. The number of likely N-dealkylation sites (N-methyl/N-ethyl adjacent to an activating group) is 2. The smallest absolute Gasteiger partial charge is 0.338 e. The van der Waals surface area contributed by atoms with E-state index in [-0.39, 0.29) is 35.5 Å². The molecule has 320 valence electrons. The predicted octanol–water partition coefficient (Wildman–Crippen LogP) is 4.15. The van der Waals surface area contributed by atoms with Gasteiger partial charge in [-0.05, 0) is 52.6 Å². The Morgan fingerprint density at radius 2 is 0.893 bits per heavy atom. The monoisotopic (exact) mass is 826 g/mol. The van der Waals surface area contributed by atoms with Crippen molar-refractivity contribution < 1.29 is 30.2 Å². The Morgan fingerprint density at radius 3 is 1.20 bits per heavy atom. The van der Waals surface area contributed by atoms with Gasteiger partial charge in [-0.15, -0.1) is 0 Å². The van der Waals surface area contributed by atoms with Gasteiger partial charge >= 0.3 is 13.5 Å². The first-order valence-electron chi connectivity index (χ1n) is 21.1. The molecule has 2 saturated carbocycles. The van der Waals surface area contributed by atoms with Gasteiger partial charge < -0.3 is 40.0 Å². The fraction of sp³-hybridized carbons (Fsp3) is 0.850. The van der Waals surface area contributed by atoms with Crippen LogP contribution in [0.5, 0.6) is 0 Å². The molecule has 4 fully saturated rings. The highest BCUT2D eigenvalue weighted by Gasteiger charge is 2.29. The normalized spacial score (nSPS) is 19.5. The third-order valence-corrected chi connectivity index (χ3v) is 13.1. The number of carbonyl (C=O) groups is 6. The molecule has 56 heavy (non-hydrogen) atoms. The second-order valence-corrected chi connectivity index (χ2v) is 18.7. The molecule has 0 aromatic carbocycles. The van der Waals surface area contributed by atoms with Gasteiger partial charge in [0.1, 0.15) is 12.1 Å². The van der Waals surface area contributed by atoms with Gasteiger partial charge in [0.05, 0.1) is 0 Å². The van der Waals surface area contributed by atoms with Crippen LogP contribution in [0.2, 0.25) is 0 Å². The number of thioether (sulfide) groups is 2. The van der Waals surface area contributed by atoms with Crippen LogP contribution in [0.15, 0.2) is 0 Å². The van der Waals surface area contributed by atoms with Crippen molar-refractivity contribution >= 4 is 57.6 Å². The summed E-state index contributed by atoms with van der Waals surface area (Å²) in [5.74, 6) is 2.54. The van der Waals surface area contributed by atoms with E-state index >= 15 is 0 Å². The summed E-state index contributed by atoms with van der Waals surface area (Å²) in [5, 5.41) is 5.91. The van der Waals surface area contributed by atoms with Crippen LogP contribution in [-0.2, 0) is 19.2 Å². The van der Waals surface area contributed by atoms with Gasteiger partial charge in [-0.3, -0.25) is 19.2 Å². The van der Waals surface area contributed by atoms with Crippen molar-refractivity contribution in [1.29, 1.82) is 0 Å². The Hall–Kier alpha value is -2.56. The zero-order chi connectivity index (χ0) is 41.0. The maximum absolute atomic E-state index is 12.8. The molecule has 0 spiro atoms. The van der Waals surface area contributed by atoms with Crippen molar-refractivity contribution in [2.75, 3.05) is 104 Å². The summed E-state index contributed by atoms with van der Waals surface area (Å²) in [6.07, 6.45) is 12.1. The van der Waals surface area contributed by atoms with Crippen molar-refractivity contribution in [3.63, 3.8) is 0 Å². The Morgan fingerprint density at radius 1 is 0.571 bits per heavy atom. The fourth-order valence-electron chi connectivity index (χ4n) is 7.78. The van der Waals surface area contributed by atoms with Crippen molar-refractivity contribution in [1.82, 2.24) is 40.0 Å². The lowest BCUT2D eigenvalue weighted by Crippen LogP contribution is -2.55. The van der Waals surface area contributed by atoms with Crippen molar-refractivity contribution in [2.45, 2.75) is 104 Å². The fourth-order valence-corrected chi connectivity index (χ4v) is 8.98. The summed E-state index contributed by atoms with van der Waals surface area (Å²) < 4.78 is 0. The molecular weight excluding hydrogens is 753 g/mol. The van der Waals surface area contributed by atoms with Gasteiger partial charge in [0.15, 0.2) is 10.2 Å².